The van der Waals surface area contributed by atoms with Crippen LogP contribution >= 0.6 is 11.3 Å². The lowest BCUT2D eigenvalue weighted by molar-refractivity contribution is 0.468. The van der Waals surface area contributed by atoms with Gasteiger partial charge in [-0.1, -0.05) is 6.07 Å². The van der Waals surface area contributed by atoms with Crippen LogP contribution in [0.4, 0.5) is 0 Å². The molecule has 0 aliphatic carbocycles. The summed E-state index contributed by atoms with van der Waals surface area (Å²) in [6.07, 6.45) is 3.31. The summed E-state index contributed by atoms with van der Waals surface area (Å²) in [5.74, 6) is 0. The third-order valence-electron chi connectivity index (χ3n) is 2.31. The normalized spacial score (nSPS) is 11.9. The smallest absolute Gasteiger partial charge is 0.252 e. The van der Waals surface area contributed by atoms with E-state index in [0.29, 0.717) is 10.8 Å². The number of rotatable bonds is 4. The van der Waals surface area contributed by atoms with Gasteiger partial charge in [-0.2, -0.15) is 4.31 Å². The van der Waals surface area contributed by atoms with Gasteiger partial charge in [0.1, 0.15) is 4.21 Å². The van der Waals surface area contributed by atoms with Crippen LogP contribution in [-0.4, -0.2) is 24.8 Å². The standard InChI is InChI=1S/C11H12N2O2S2/c1-13(9-10-4-6-12-7-5-10)17(14,15)11-3-2-8-16-11/h2-8H,9H2,1H3. The molecule has 2 aromatic heterocycles. The number of thiophene rings is 1. The van der Waals surface area contributed by atoms with Crippen molar-refractivity contribution in [2.45, 2.75) is 10.8 Å². The molecule has 0 fully saturated rings. The van der Waals surface area contributed by atoms with E-state index in [4.69, 9.17) is 0 Å². The molecule has 2 heterocycles. The summed E-state index contributed by atoms with van der Waals surface area (Å²) in [6, 6.07) is 6.96. The molecule has 0 saturated carbocycles. The molecular weight excluding hydrogens is 256 g/mol. The zero-order valence-electron chi connectivity index (χ0n) is 9.28. The molecule has 90 valence electrons. The van der Waals surface area contributed by atoms with Crippen molar-refractivity contribution in [3.63, 3.8) is 0 Å². The predicted molar refractivity (Wildman–Crippen MR) is 67.2 cm³/mol. The summed E-state index contributed by atoms with van der Waals surface area (Å²) in [7, 11) is -1.78. The summed E-state index contributed by atoms with van der Waals surface area (Å²) >= 11 is 1.23. The van der Waals surface area contributed by atoms with Gasteiger partial charge in [-0.05, 0) is 29.1 Å². The predicted octanol–water partition coefficient (Wildman–Crippen LogP) is 1.96. The molecule has 0 atom stereocenters. The topological polar surface area (TPSA) is 50.3 Å². The van der Waals surface area contributed by atoms with E-state index in [0.717, 1.165) is 5.56 Å². The molecule has 0 aliphatic heterocycles. The highest BCUT2D eigenvalue weighted by Crippen LogP contribution is 2.20. The zero-order valence-corrected chi connectivity index (χ0v) is 10.9. The Morgan fingerprint density at radius 1 is 1.29 bits per heavy atom. The van der Waals surface area contributed by atoms with Crippen LogP contribution in [0.1, 0.15) is 5.56 Å². The Hall–Kier alpha value is -1.24. The molecular formula is C11H12N2O2S2. The maximum Gasteiger partial charge on any atom is 0.252 e. The van der Waals surface area contributed by atoms with Gasteiger partial charge >= 0.3 is 0 Å². The first kappa shape index (κ1) is 12.2. The Morgan fingerprint density at radius 3 is 2.59 bits per heavy atom. The first-order chi connectivity index (χ1) is 8.10. The van der Waals surface area contributed by atoms with E-state index < -0.39 is 10.0 Å². The minimum Gasteiger partial charge on any atom is -0.265 e. The van der Waals surface area contributed by atoms with Gasteiger partial charge in [0, 0.05) is 26.0 Å². The number of hydrogen-bond acceptors (Lipinski definition) is 4. The lowest BCUT2D eigenvalue weighted by atomic mass is 10.3. The van der Waals surface area contributed by atoms with Gasteiger partial charge < -0.3 is 0 Å². The largest absolute Gasteiger partial charge is 0.265 e. The van der Waals surface area contributed by atoms with Gasteiger partial charge in [0.15, 0.2) is 0 Å². The van der Waals surface area contributed by atoms with Crippen molar-refractivity contribution in [3.8, 4) is 0 Å². The van der Waals surface area contributed by atoms with Crippen molar-refractivity contribution in [2.24, 2.45) is 0 Å². The molecule has 0 unspecified atom stereocenters. The van der Waals surface area contributed by atoms with E-state index in [-0.39, 0.29) is 0 Å². The van der Waals surface area contributed by atoms with Crippen molar-refractivity contribution >= 4 is 21.4 Å². The number of pyridine rings is 1. The Morgan fingerprint density at radius 2 is 2.00 bits per heavy atom. The number of nitrogens with zero attached hydrogens (tertiary/aromatic N) is 2. The molecule has 2 aromatic rings. The Balaban J connectivity index is 2.19. The molecule has 0 aliphatic rings. The number of hydrogen-bond donors (Lipinski definition) is 0. The Bertz CT molecular complexity index is 565. The number of aromatic nitrogens is 1. The second kappa shape index (κ2) is 4.95. The van der Waals surface area contributed by atoms with Crippen LogP contribution in [0.3, 0.4) is 0 Å². The molecule has 0 bridgehead atoms. The van der Waals surface area contributed by atoms with Crippen LogP contribution in [0.15, 0.2) is 46.2 Å². The average molecular weight is 268 g/mol. The minimum atomic E-state index is -3.36. The average Bonchev–Trinajstić information content (AvgIpc) is 2.84. The summed E-state index contributed by atoms with van der Waals surface area (Å²) < 4.78 is 25.9. The summed E-state index contributed by atoms with van der Waals surface area (Å²) in [4.78, 5) is 3.90. The molecule has 0 aromatic carbocycles. The van der Waals surface area contributed by atoms with E-state index >= 15 is 0 Å². The highest BCUT2D eigenvalue weighted by molar-refractivity contribution is 7.91. The quantitative estimate of drug-likeness (QED) is 0.851. The van der Waals surface area contributed by atoms with Gasteiger partial charge in [-0.3, -0.25) is 4.98 Å². The van der Waals surface area contributed by atoms with E-state index in [1.165, 1.54) is 15.6 Å². The highest BCUT2D eigenvalue weighted by Gasteiger charge is 2.21. The van der Waals surface area contributed by atoms with Gasteiger partial charge in [0.05, 0.1) is 0 Å². The van der Waals surface area contributed by atoms with Crippen molar-refractivity contribution in [3.05, 3.63) is 47.6 Å². The van der Waals surface area contributed by atoms with E-state index in [1.54, 1.807) is 49.1 Å². The van der Waals surface area contributed by atoms with Crippen LogP contribution in [0.2, 0.25) is 0 Å². The maximum absolute atomic E-state index is 12.1. The Kier molecular flexibility index (Phi) is 3.56. The van der Waals surface area contributed by atoms with Crippen molar-refractivity contribution in [2.75, 3.05) is 7.05 Å². The maximum atomic E-state index is 12.1. The summed E-state index contributed by atoms with van der Waals surface area (Å²) in [5.41, 5.74) is 0.919. The van der Waals surface area contributed by atoms with Crippen LogP contribution in [0.5, 0.6) is 0 Å². The van der Waals surface area contributed by atoms with Crippen LogP contribution < -0.4 is 0 Å². The second-order valence-electron chi connectivity index (χ2n) is 3.55. The van der Waals surface area contributed by atoms with E-state index in [2.05, 4.69) is 4.98 Å². The molecule has 17 heavy (non-hydrogen) atoms. The fourth-order valence-corrected chi connectivity index (χ4v) is 3.75. The van der Waals surface area contributed by atoms with Crippen LogP contribution in [0.25, 0.3) is 0 Å². The van der Waals surface area contributed by atoms with Gasteiger partial charge in [0.2, 0.25) is 0 Å². The first-order valence-electron chi connectivity index (χ1n) is 4.99. The van der Waals surface area contributed by atoms with Crippen LogP contribution in [-0.2, 0) is 16.6 Å². The fraction of sp³-hybridized carbons (Fsp3) is 0.182. The van der Waals surface area contributed by atoms with Gasteiger partial charge in [0.25, 0.3) is 10.0 Å². The lowest BCUT2D eigenvalue weighted by Crippen LogP contribution is -2.25. The second-order valence-corrected chi connectivity index (χ2v) is 6.77. The van der Waals surface area contributed by atoms with Crippen LogP contribution in [0, 0.1) is 0 Å². The van der Waals surface area contributed by atoms with Gasteiger partial charge in [-0.25, -0.2) is 8.42 Å². The van der Waals surface area contributed by atoms with E-state index in [9.17, 15) is 8.42 Å². The Labute approximate surface area is 105 Å². The first-order valence-corrected chi connectivity index (χ1v) is 7.31. The third kappa shape index (κ3) is 2.71. The summed E-state index contributed by atoms with van der Waals surface area (Å²) in [6.45, 7) is 0.350. The van der Waals surface area contributed by atoms with E-state index in [1.807, 2.05) is 0 Å². The lowest BCUT2D eigenvalue weighted by Gasteiger charge is -2.15. The molecule has 0 saturated heterocycles. The van der Waals surface area contributed by atoms with Crippen molar-refractivity contribution < 1.29 is 8.42 Å². The number of sulfonamides is 1. The fourth-order valence-electron chi connectivity index (χ4n) is 1.39. The molecule has 0 radical (unpaired) electrons. The zero-order chi connectivity index (χ0) is 12.3. The minimum absolute atomic E-state index is 0.350. The monoisotopic (exact) mass is 268 g/mol. The SMILES string of the molecule is CN(Cc1ccncc1)S(=O)(=O)c1cccs1. The molecule has 0 N–H and O–H groups in total. The highest BCUT2D eigenvalue weighted by atomic mass is 32.2. The molecule has 0 spiro atoms. The molecule has 2 rings (SSSR count). The third-order valence-corrected chi connectivity index (χ3v) is 5.49. The van der Waals surface area contributed by atoms with Crippen molar-refractivity contribution in [1.82, 2.24) is 9.29 Å². The van der Waals surface area contributed by atoms with Crippen molar-refractivity contribution in [1.29, 1.82) is 0 Å². The summed E-state index contributed by atoms with van der Waals surface area (Å²) in [5, 5.41) is 1.76. The molecule has 0 amide bonds. The molecule has 6 heteroatoms. The molecule has 4 nitrogen and oxygen atoms in total. The van der Waals surface area contributed by atoms with Gasteiger partial charge in [-0.15, -0.1) is 11.3 Å².